The molecule has 0 rings (SSSR count). The first-order chi connectivity index (χ1) is 11.2. The zero-order valence-corrected chi connectivity index (χ0v) is 18.3. The average Bonchev–Trinajstić information content (AvgIpc) is 2.59. The second-order valence-corrected chi connectivity index (χ2v) is 7.61. The number of unbranched alkanes of at least 4 members (excludes halogenated alkanes) is 13. The number of hydrogen-bond acceptors (Lipinski definition) is 0. The SMILES string of the molecule is CCCCCCCCCCCCCCCC[N+](CC)(CC)CC.[Cl-]. The predicted molar refractivity (Wildman–Crippen MR) is 107 cm³/mol. The van der Waals surface area contributed by atoms with E-state index in [1.54, 1.807) is 0 Å². The molecule has 1 nitrogen and oxygen atoms in total. The molecule has 0 aromatic carbocycles. The molecule has 0 aromatic rings. The van der Waals surface area contributed by atoms with Crippen LogP contribution in [0, 0.1) is 0 Å². The summed E-state index contributed by atoms with van der Waals surface area (Å²) in [5.41, 5.74) is 0. The Balaban J connectivity index is 0. The smallest absolute Gasteiger partial charge is 0.0786 e. The molecular formula is C22H48ClN. The summed E-state index contributed by atoms with van der Waals surface area (Å²) in [6.07, 6.45) is 20.5. The first-order valence-electron chi connectivity index (χ1n) is 11.1. The fourth-order valence-electron chi connectivity index (χ4n) is 3.79. The van der Waals surface area contributed by atoms with Gasteiger partial charge in [0.25, 0.3) is 0 Å². The maximum atomic E-state index is 2.36. The maximum absolute atomic E-state index is 2.36. The second-order valence-electron chi connectivity index (χ2n) is 7.61. The first-order valence-corrected chi connectivity index (χ1v) is 11.1. The molecule has 24 heavy (non-hydrogen) atoms. The Hall–Kier alpha value is 0.250. The maximum Gasteiger partial charge on any atom is 0.0786 e. The molecule has 0 aliphatic heterocycles. The van der Waals surface area contributed by atoms with Crippen molar-refractivity contribution in [1.82, 2.24) is 0 Å². The van der Waals surface area contributed by atoms with Gasteiger partial charge in [0.15, 0.2) is 0 Å². The minimum absolute atomic E-state index is 0. The van der Waals surface area contributed by atoms with Gasteiger partial charge in [-0.2, -0.15) is 0 Å². The highest BCUT2D eigenvalue weighted by molar-refractivity contribution is 4.50. The van der Waals surface area contributed by atoms with E-state index < -0.39 is 0 Å². The van der Waals surface area contributed by atoms with E-state index >= 15 is 0 Å². The highest BCUT2D eigenvalue weighted by Crippen LogP contribution is 2.14. The minimum atomic E-state index is 0. The summed E-state index contributed by atoms with van der Waals surface area (Å²) in [4.78, 5) is 0. The molecule has 0 aromatic heterocycles. The van der Waals surface area contributed by atoms with Gasteiger partial charge in [-0.1, -0.05) is 84.0 Å². The molecule has 0 N–H and O–H groups in total. The lowest BCUT2D eigenvalue weighted by atomic mass is 10.0. The third-order valence-electron chi connectivity index (χ3n) is 6.00. The van der Waals surface area contributed by atoms with Crippen molar-refractivity contribution < 1.29 is 16.9 Å². The first kappa shape index (κ1) is 26.5. The topological polar surface area (TPSA) is 0 Å². The molecule has 0 heterocycles. The number of halogens is 1. The van der Waals surface area contributed by atoms with Crippen molar-refractivity contribution in [1.29, 1.82) is 0 Å². The van der Waals surface area contributed by atoms with Crippen molar-refractivity contribution in [3.05, 3.63) is 0 Å². The van der Waals surface area contributed by atoms with Crippen molar-refractivity contribution in [2.24, 2.45) is 0 Å². The molecule has 2 heteroatoms. The van der Waals surface area contributed by atoms with Gasteiger partial charge in [0.2, 0.25) is 0 Å². The zero-order valence-electron chi connectivity index (χ0n) is 17.6. The minimum Gasteiger partial charge on any atom is -1.00 e. The Morgan fingerprint density at radius 3 is 1.00 bits per heavy atom. The number of rotatable bonds is 18. The number of nitrogens with zero attached hydrogens (tertiary/aromatic N) is 1. The lowest BCUT2D eigenvalue weighted by molar-refractivity contribution is -0.923. The average molecular weight is 362 g/mol. The summed E-state index contributed by atoms with van der Waals surface area (Å²) in [6, 6.07) is 0. The molecule has 0 atom stereocenters. The molecule has 0 fully saturated rings. The highest BCUT2D eigenvalue weighted by atomic mass is 35.5. The Morgan fingerprint density at radius 2 is 0.708 bits per heavy atom. The van der Waals surface area contributed by atoms with Crippen LogP contribution in [0.5, 0.6) is 0 Å². The molecule has 0 radical (unpaired) electrons. The van der Waals surface area contributed by atoms with E-state index in [4.69, 9.17) is 0 Å². The molecule has 0 aliphatic rings. The molecule has 0 unspecified atom stereocenters. The van der Waals surface area contributed by atoms with Crippen molar-refractivity contribution in [2.75, 3.05) is 26.2 Å². The standard InChI is InChI=1S/C22H48N.ClH/c1-5-9-10-11-12-13-14-15-16-17-18-19-20-21-22-23(6-2,7-3)8-4;/h5-22H2,1-4H3;1H/q+1;/p-1. The van der Waals surface area contributed by atoms with Crippen LogP contribution in [-0.2, 0) is 0 Å². The summed E-state index contributed by atoms with van der Waals surface area (Å²) in [5, 5.41) is 0. The van der Waals surface area contributed by atoms with Crippen molar-refractivity contribution in [2.45, 2.75) is 118 Å². The normalized spacial score (nSPS) is 11.5. The summed E-state index contributed by atoms with van der Waals surface area (Å²) < 4.78 is 1.33. The molecule has 0 spiro atoms. The van der Waals surface area contributed by atoms with Crippen LogP contribution in [0.4, 0.5) is 0 Å². The Bertz CT molecular complexity index is 218. The fraction of sp³-hybridized carbons (Fsp3) is 1.00. The molecule has 0 amide bonds. The van der Waals surface area contributed by atoms with Crippen LogP contribution in [-0.4, -0.2) is 30.7 Å². The fourth-order valence-corrected chi connectivity index (χ4v) is 3.79. The van der Waals surface area contributed by atoms with E-state index in [2.05, 4.69) is 27.7 Å². The molecule has 148 valence electrons. The Kier molecular flexibility index (Phi) is 21.6. The van der Waals surface area contributed by atoms with Crippen LogP contribution in [0.3, 0.4) is 0 Å². The van der Waals surface area contributed by atoms with E-state index in [-0.39, 0.29) is 12.4 Å². The summed E-state index contributed by atoms with van der Waals surface area (Å²) in [7, 11) is 0. The van der Waals surface area contributed by atoms with E-state index in [9.17, 15) is 0 Å². The highest BCUT2D eigenvalue weighted by Gasteiger charge is 2.19. The number of hydrogen-bond donors (Lipinski definition) is 0. The Labute approximate surface area is 161 Å². The largest absolute Gasteiger partial charge is 1.00 e. The summed E-state index contributed by atoms with van der Waals surface area (Å²) in [6.45, 7) is 14.7. The molecule has 0 saturated carbocycles. The van der Waals surface area contributed by atoms with Gasteiger partial charge in [-0.25, -0.2) is 0 Å². The molecule has 0 saturated heterocycles. The number of quaternary nitrogens is 1. The lowest BCUT2D eigenvalue weighted by Gasteiger charge is -2.35. The monoisotopic (exact) mass is 361 g/mol. The lowest BCUT2D eigenvalue weighted by Crippen LogP contribution is -3.00. The van der Waals surface area contributed by atoms with Crippen LogP contribution in [0.1, 0.15) is 118 Å². The zero-order chi connectivity index (χ0) is 17.2. The van der Waals surface area contributed by atoms with Gasteiger partial charge in [-0.15, -0.1) is 0 Å². The van der Waals surface area contributed by atoms with Gasteiger partial charge in [-0.05, 0) is 33.6 Å². The molecule has 0 aliphatic carbocycles. The predicted octanol–water partition coefficient (Wildman–Crippen LogP) is 4.35. The van der Waals surface area contributed by atoms with Crippen molar-refractivity contribution >= 4 is 0 Å². The Morgan fingerprint density at radius 1 is 0.417 bits per heavy atom. The van der Waals surface area contributed by atoms with E-state index in [0.29, 0.717) is 0 Å². The van der Waals surface area contributed by atoms with Gasteiger partial charge < -0.3 is 16.9 Å². The van der Waals surface area contributed by atoms with E-state index in [0.717, 1.165) is 0 Å². The van der Waals surface area contributed by atoms with Crippen molar-refractivity contribution in [3.63, 3.8) is 0 Å². The molecule has 0 bridgehead atoms. The van der Waals surface area contributed by atoms with Crippen LogP contribution >= 0.6 is 0 Å². The van der Waals surface area contributed by atoms with Gasteiger partial charge in [-0.3, -0.25) is 0 Å². The quantitative estimate of drug-likeness (QED) is 0.251. The summed E-state index contributed by atoms with van der Waals surface area (Å²) >= 11 is 0. The van der Waals surface area contributed by atoms with Crippen LogP contribution in [0.25, 0.3) is 0 Å². The second kappa shape index (κ2) is 19.6. The van der Waals surface area contributed by atoms with Gasteiger partial charge >= 0.3 is 0 Å². The van der Waals surface area contributed by atoms with Gasteiger partial charge in [0.1, 0.15) is 0 Å². The van der Waals surface area contributed by atoms with E-state index in [1.165, 1.54) is 121 Å². The van der Waals surface area contributed by atoms with Gasteiger partial charge in [0.05, 0.1) is 26.2 Å². The van der Waals surface area contributed by atoms with E-state index in [1.807, 2.05) is 0 Å². The third kappa shape index (κ3) is 14.6. The van der Waals surface area contributed by atoms with Gasteiger partial charge in [0, 0.05) is 0 Å². The van der Waals surface area contributed by atoms with Crippen LogP contribution in [0.15, 0.2) is 0 Å². The summed E-state index contributed by atoms with van der Waals surface area (Å²) in [5.74, 6) is 0. The van der Waals surface area contributed by atoms with Crippen LogP contribution in [0.2, 0.25) is 0 Å². The third-order valence-corrected chi connectivity index (χ3v) is 6.00. The molecular weight excluding hydrogens is 314 g/mol. The van der Waals surface area contributed by atoms with Crippen molar-refractivity contribution in [3.8, 4) is 0 Å². The van der Waals surface area contributed by atoms with Crippen LogP contribution < -0.4 is 12.4 Å².